The topological polar surface area (TPSA) is 39.2 Å². The Labute approximate surface area is 109 Å². The fourth-order valence-electron chi connectivity index (χ4n) is 1.43. The van der Waals surface area contributed by atoms with Crippen molar-refractivity contribution in [1.29, 1.82) is 0 Å². The Bertz CT molecular complexity index is 500. The summed E-state index contributed by atoms with van der Waals surface area (Å²) in [6.45, 7) is 1.33. The van der Waals surface area contributed by atoms with Crippen LogP contribution in [0.3, 0.4) is 0 Å². The van der Waals surface area contributed by atoms with Gasteiger partial charge < -0.3 is 4.74 Å². The van der Waals surface area contributed by atoms with E-state index in [-0.39, 0.29) is 12.7 Å². The van der Waals surface area contributed by atoms with Crippen molar-refractivity contribution < 1.29 is 35.9 Å². The number of esters is 1. The molecule has 0 N–H and O–H groups in total. The lowest BCUT2D eigenvalue weighted by atomic mass is 10.1. The average Bonchev–Trinajstić information content (AvgIpc) is 2.26. The van der Waals surface area contributed by atoms with Crippen molar-refractivity contribution in [3.05, 3.63) is 28.8 Å². The first-order chi connectivity index (χ1) is 9.16. The first-order valence-electron chi connectivity index (χ1n) is 5.37. The van der Waals surface area contributed by atoms with Crippen molar-refractivity contribution in [2.75, 3.05) is 6.61 Å². The fraction of sp³-hybridized carbons (Fsp3) is 0.455. The molecule has 1 aromatic heterocycles. The third-order valence-corrected chi connectivity index (χ3v) is 2.21. The van der Waals surface area contributed by atoms with E-state index in [1.165, 1.54) is 6.92 Å². The van der Waals surface area contributed by atoms with Gasteiger partial charge in [0, 0.05) is 6.07 Å². The Morgan fingerprint density at radius 1 is 1.40 bits per heavy atom. The molecule has 0 bridgehead atoms. The molecule has 0 unspecified atom stereocenters. The average molecular weight is 301 g/mol. The molecule has 1 aromatic rings. The Hall–Kier alpha value is -1.80. The van der Waals surface area contributed by atoms with Gasteiger partial charge in [-0.3, -0.25) is 4.79 Å². The van der Waals surface area contributed by atoms with Crippen LogP contribution in [0.25, 0.3) is 0 Å². The Kier molecular flexibility index (Phi) is 4.96. The summed E-state index contributed by atoms with van der Waals surface area (Å²) in [6.07, 6.45) is -9.37. The lowest BCUT2D eigenvalue weighted by Crippen LogP contribution is -2.17. The zero-order valence-corrected chi connectivity index (χ0v) is 10.1. The van der Waals surface area contributed by atoms with Gasteiger partial charge in [0.1, 0.15) is 11.5 Å². The molecule has 0 amide bonds. The number of pyridine rings is 1. The molecule has 3 nitrogen and oxygen atoms in total. The zero-order chi connectivity index (χ0) is 15.5. The number of carbonyl (C=O) groups is 1. The fourth-order valence-corrected chi connectivity index (χ4v) is 1.43. The van der Waals surface area contributed by atoms with Gasteiger partial charge in [0.05, 0.1) is 24.3 Å². The number of carbonyl (C=O) groups excluding carboxylic acids is 1. The van der Waals surface area contributed by atoms with Crippen LogP contribution in [0.4, 0.5) is 26.3 Å². The molecule has 112 valence electrons. The molecular formula is C11H9F6NO2. The molecule has 1 rings (SSSR count). The predicted octanol–water partition coefficient (Wildman–Crippen LogP) is 3.28. The summed E-state index contributed by atoms with van der Waals surface area (Å²) in [5, 5.41) is 0. The molecule has 0 fully saturated rings. The number of hydrogen-bond acceptors (Lipinski definition) is 3. The molecule has 9 heteroatoms. The predicted molar refractivity (Wildman–Crippen MR) is 54.5 cm³/mol. The Morgan fingerprint density at radius 2 is 2.00 bits per heavy atom. The highest BCUT2D eigenvalue weighted by Crippen LogP contribution is 2.32. The smallest absolute Gasteiger partial charge is 0.433 e. The number of hydrogen-bond donors (Lipinski definition) is 0. The standard InChI is InChI=1S/C11H9F6NO2/c1-2-20-8(19)4-6-9(10(13)14)5(12)3-7(18-6)11(15,16)17/h3,10H,2,4H2,1H3. The summed E-state index contributed by atoms with van der Waals surface area (Å²) in [5.74, 6) is -2.83. The maximum absolute atomic E-state index is 13.4. The van der Waals surface area contributed by atoms with E-state index < -0.39 is 47.8 Å². The van der Waals surface area contributed by atoms with Crippen molar-refractivity contribution in [2.24, 2.45) is 0 Å². The van der Waals surface area contributed by atoms with Crippen LogP contribution in [0.5, 0.6) is 0 Å². The summed E-state index contributed by atoms with van der Waals surface area (Å²) in [6, 6.07) is -0.129. The summed E-state index contributed by atoms with van der Waals surface area (Å²) in [7, 11) is 0. The van der Waals surface area contributed by atoms with Gasteiger partial charge in [0.25, 0.3) is 6.43 Å². The molecule has 20 heavy (non-hydrogen) atoms. The highest BCUT2D eigenvalue weighted by molar-refractivity contribution is 5.72. The molecule has 0 aliphatic heterocycles. The second kappa shape index (κ2) is 6.10. The van der Waals surface area contributed by atoms with Gasteiger partial charge >= 0.3 is 12.1 Å². The maximum Gasteiger partial charge on any atom is 0.433 e. The second-order valence-electron chi connectivity index (χ2n) is 3.63. The minimum absolute atomic E-state index is 0.0930. The number of ether oxygens (including phenoxy) is 1. The van der Waals surface area contributed by atoms with Crippen LogP contribution in [0.15, 0.2) is 6.07 Å². The van der Waals surface area contributed by atoms with Crippen LogP contribution in [0, 0.1) is 5.82 Å². The van der Waals surface area contributed by atoms with E-state index in [1.807, 2.05) is 0 Å². The third kappa shape index (κ3) is 3.84. The number of nitrogens with zero attached hydrogens (tertiary/aromatic N) is 1. The third-order valence-electron chi connectivity index (χ3n) is 2.21. The van der Waals surface area contributed by atoms with Gasteiger partial charge in [0.15, 0.2) is 0 Å². The minimum Gasteiger partial charge on any atom is -0.466 e. The van der Waals surface area contributed by atoms with Crippen LogP contribution in [0.2, 0.25) is 0 Å². The summed E-state index contributed by atoms with van der Waals surface area (Å²) < 4.78 is 80.4. The SMILES string of the molecule is CCOC(=O)Cc1nc(C(F)(F)F)cc(F)c1C(F)F. The van der Waals surface area contributed by atoms with E-state index >= 15 is 0 Å². The normalized spacial score (nSPS) is 11.8. The lowest BCUT2D eigenvalue weighted by Gasteiger charge is -2.13. The quantitative estimate of drug-likeness (QED) is 0.633. The first-order valence-corrected chi connectivity index (χ1v) is 5.37. The van der Waals surface area contributed by atoms with E-state index in [4.69, 9.17) is 0 Å². The zero-order valence-electron chi connectivity index (χ0n) is 10.1. The number of rotatable bonds is 4. The molecule has 0 spiro atoms. The van der Waals surface area contributed by atoms with Gasteiger partial charge in [-0.2, -0.15) is 13.2 Å². The molecule has 0 aromatic carbocycles. The minimum atomic E-state index is -5.01. The van der Waals surface area contributed by atoms with Gasteiger partial charge in [-0.05, 0) is 6.92 Å². The Balaban J connectivity index is 3.29. The van der Waals surface area contributed by atoms with Crippen molar-refractivity contribution in [3.8, 4) is 0 Å². The highest BCUT2D eigenvalue weighted by Gasteiger charge is 2.35. The molecule has 0 aliphatic carbocycles. The maximum atomic E-state index is 13.4. The number of alkyl halides is 5. The molecule has 0 radical (unpaired) electrons. The van der Waals surface area contributed by atoms with Gasteiger partial charge in [-0.15, -0.1) is 0 Å². The second-order valence-corrected chi connectivity index (χ2v) is 3.63. The lowest BCUT2D eigenvalue weighted by molar-refractivity contribution is -0.144. The first kappa shape index (κ1) is 16.3. The van der Waals surface area contributed by atoms with Crippen LogP contribution in [-0.2, 0) is 22.1 Å². The number of halogens is 6. The van der Waals surface area contributed by atoms with Crippen molar-refractivity contribution in [2.45, 2.75) is 25.9 Å². The van der Waals surface area contributed by atoms with Gasteiger partial charge in [-0.25, -0.2) is 18.2 Å². The monoisotopic (exact) mass is 301 g/mol. The largest absolute Gasteiger partial charge is 0.466 e. The molecule has 0 saturated heterocycles. The van der Waals surface area contributed by atoms with Gasteiger partial charge in [0.2, 0.25) is 0 Å². The molecular weight excluding hydrogens is 292 g/mol. The summed E-state index contributed by atoms with van der Waals surface area (Å²) in [4.78, 5) is 14.1. The molecule has 1 heterocycles. The van der Waals surface area contributed by atoms with Crippen molar-refractivity contribution >= 4 is 5.97 Å². The number of aromatic nitrogens is 1. The molecule has 0 saturated carbocycles. The van der Waals surface area contributed by atoms with Crippen molar-refractivity contribution in [1.82, 2.24) is 4.98 Å². The van der Waals surface area contributed by atoms with Crippen molar-refractivity contribution in [3.63, 3.8) is 0 Å². The molecule has 0 aliphatic rings. The van der Waals surface area contributed by atoms with E-state index in [1.54, 1.807) is 0 Å². The van der Waals surface area contributed by atoms with E-state index in [0.29, 0.717) is 0 Å². The van der Waals surface area contributed by atoms with Crippen LogP contribution in [-0.4, -0.2) is 17.6 Å². The highest BCUT2D eigenvalue weighted by atomic mass is 19.4. The summed E-state index contributed by atoms with van der Waals surface area (Å²) >= 11 is 0. The summed E-state index contributed by atoms with van der Waals surface area (Å²) in [5.41, 5.74) is -3.99. The van der Waals surface area contributed by atoms with Gasteiger partial charge in [-0.1, -0.05) is 0 Å². The molecule has 0 atom stereocenters. The van der Waals surface area contributed by atoms with Crippen LogP contribution < -0.4 is 0 Å². The van der Waals surface area contributed by atoms with E-state index in [9.17, 15) is 31.1 Å². The van der Waals surface area contributed by atoms with Crippen LogP contribution >= 0.6 is 0 Å². The van der Waals surface area contributed by atoms with E-state index in [2.05, 4.69) is 9.72 Å². The van der Waals surface area contributed by atoms with E-state index in [0.717, 1.165) is 0 Å². The van der Waals surface area contributed by atoms with Crippen LogP contribution in [0.1, 0.15) is 30.3 Å². The Morgan fingerprint density at radius 3 is 2.45 bits per heavy atom.